The Morgan fingerprint density at radius 3 is 3.16 bits per heavy atom. The molecule has 3 heterocycles. The summed E-state index contributed by atoms with van der Waals surface area (Å²) in [6, 6.07) is 0. The van der Waals surface area contributed by atoms with Gasteiger partial charge in [-0.2, -0.15) is 10.1 Å². The van der Waals surface area contributed by atoms with Crippen LogP contribution in [-0.4, -0.2) is 42.9 Å². The van der Waals surface area contributed by atoms with Crippen LogP contribution in [0, 0.1) is 12.8 Å². The fraction of sp³-hybridized carbons (Fsp3) is 0.667. The van der Waals surface area contributed by atoms with E-state index in [9.17, 15) is 0 Å². The van der Waals surface area contributed by atoms with Crippen molar-refractivity contribution in [1.29, 1.82) is 0 Å². The smallest absolute Gasteiger partial charge is 0.223 e. The monoisotopic (exact) mass is 262 g/mol. The van der Waals surface area contributed by atoms with Gasteiger partial charge in [0.1, 0.15) is 12.7 Å². The Kier molecular flexibility index (Phi) is 3.54. The average molecular weight is 262 g/mol. The molecule has 0 amide bonds. The van der Waals surface area contributed by atoms with Gasteiger partial charge in [-0.3, -0.25) is 9.58 Å². The van der Waals surface area contributed by atoms with Crippen molar-refractivity contribution in [3.63, 3.8) is 0 Å². The number of aromatic nitrogens is 5. The molecule has 0 unspecified atom stereocenters. The summed E-state index contributed by atoms with van der Waals surface area (Å²) in [6.07, 6.45) is 5.81. The van der Waals surface area contributed by atoms with E-state index in [2.05, 4.69) is 25.1 Å². The van der Waals surface area contributed by atoms with Crippen molar-refractivity contribution in [3.05, 3.63) is 24.4 Å². The van der Waals surface area contributed by atoms with Gasteiger partial charge in [0.15, 0.2) is 5.82 Å². The molecule has 1 aliphatic rings. The molecule has 1 aliphatic heterocycles. The quantitative estimate of drug-likeness (QED) is 0.814. The van der Waals surface area contributed by atoms with Crippen molar-refractivity contribution < 1.29 is 4.52 Å². The van der Waals surface area contributed by atoms with Crippen molar-refractivity contribution in [1.82, 2.24) is 29.8 Å². The fourth-order valence-electron chi connectivity index (χ4n) is 2.64. The molecule has 2 aromatic heterocycles. The predicted molar refractivity (Wildman–Crippen MR) is 67.1 cm³/mol. The highest BCUT2D eigenvalue weighted by Gasteiger charge is 2.21. The largest absolute Gasteiger partial charge is 0.340 e. The summed E-state index contributed by atoms with van der Waals surface area (Å²) in [5, 5.41) is 8.13. The summed E-state index contributed by atoms with van der Waals surface area (Å²) >= 11 is 0. The molecular formula is C12H18N6O. The molecule has 0 spiro atoms. The molecule has 0 N–H and O–H groups in total. The summed E-state index contributed by atoms with van der Waals surface area (Å²) in [5.74, 6) is 2.02. The van der Waals surface area contributed by atoms with E-state index in [4.69, 9.17) is 4.52 Å². The first-order valence-corrected chi connectivity index (χ1v) is 6.63. The first-order valence-electron chi connectivity index (χ1n) is 6.63. The number of piperidine rings is 1. The van der Waals surface area contributed by atoms with E-state index in [-0.39, 0.29) is 0 Å². The Labute approximate surface area is 111 Å². The second-order valence-electron chi connectivity index (χ2n) is 5.09. The SMILES string of the molecule is Cc1nc(CN2CCC[C@H](Cn3cncn3)C2)no1. The topological polar surface area (TPSA) is 72.9 Å². The van der Waals surface area contributed by atoms with Gasteiger partial charge >= 0.3 is 0 Å². The molecule has 0 aliphatic carbocycles. The Morgan fingerprint density at radius 2 is 2.42 bits per heavy atom. The number of hydrogen-bond acceptors (Lipinski definition) is 6. The molecule has 3 rings (SSSR count). The standard InChI is InChI=1S/C12H18N6O/c1-10-15-12(16-19-10)7-17-4-2-3-11(5-17)6-18-9-13-8-14-18/h8-9,11H,2-7H2,1H3/t11-/m0/s1. The third-order valence-electron chi connectivity index (χ3n) is 3.45. The Hall–Kier alpha value is -1.76. The number of likely N-dealkylation sites (tertiary alicyclic amines) is 1. The Morgan fingerprint density at radius 1 is 1.47 bits per heavy atom. The van der Waals surface area contributed by atoms with Gasteiger partial charge in [0.2, 0.25) is 5.89 Å². The highest BCUT2D eigenvalue weighted by Crippen LogP contribution is 2.19. The zero-order valence-corrected chi connectivity index (χ0v) is 11.1. The van der Waals surface area contributed by atoms with E-state index >= 15 is 0 Å². The molecule has 2 aromatic rings. The van der Waals surface area contributed by atoms with Crippen molar-refractivity contribution in [2.75, 3.05) is 13.1 Å². The first kappa shape index (κ1) is 12.3. The highest BCUT2D eigenvalue weighted by molar-refractivity contribution is 4.85. The zero-order chi connectivity index (χ0) is 13.1. The van der Waals surface area contributed by atoms with E-state index in [1.165, 1.54) is 12.8 Å². The van der Waals surface area contributed by atoms with Crippen molar-refractivity contribution in [2.24, 2.45) is 5.92 Å². The van der Waals surface area contributed by atoms with Gasteiger partial charge in [0, 0.05) is 20.0 Å². The number of rotatable bonds is 4. The van der Waals surface area contributed by atoms with Gasteiger partial charge in [-0.05, 0) is 25.3 Å². The molecule has 7 nitrogen and oxygen atoms in total. The van der Waals surface area contributed by atoms with E-state index in [1.807, 2.05) is 11.6 Å². The van der Waals surface area contributed by atoms with E-state index in [0.29, 0.717) is 11.8 Å². The molecule has 0 saturated carbocycles. The average Bonchev–Trinajstić information content (AvgIpc) is 3.02. The van der Waals surface area contributed by atoms with Crippen LogP contribution in [0.2, 0.25) is 0 Å². The lowest BCUT2D eigenvalue weighted by Gasteiger charge is -2.31. The molecule has 0 radical (unpaired) electrons. The van der Waals surface area contributed by atoms with Crippen LogP contribution in [0.1, 0.15) is 24.6 Å². The second-order valence-corrected chi connectivity index (χ2v) is 5.09. The molecule has 1 fully saturated rings. The normalized spacial score (nSPS) is 20.8. The molecule has 1 saturated heterocycles. The highest BCUT2D eigenvalue weighted by atomic mass is 16.5. The van der Waals surface area contributed by atoms with Crippen LogP contribution in [0.25, 0.3) is 0 Å². The van der Waals surface area contributed by atoms with Crippen LogP contribution in [0.15, 0.2) is 17.2 Å². The second kappa shape index (κ2) is 5.48. The Balaban J connectivity index is 1.55. The van der Waals surface area contributed by atoms with Crippen LogP contribution in [0.3, 0.4) is 0 Å². The molecular weight excluding hydrogens is 244 g/mol. The van der Waals surface area contributed by atoms with Crippen LogP contribution in [0.5, 0.6) is 0 Å². The summed E-state index contributed by atoms with van der Waals surface area (Å²) in [7, 11) is 0. The van der Waals surface area contributed by atoms with Crippen molar-refractivity contribution >= 4 is 0 Å². The third kappa shape index (κ3) is 3.17. The van der Waals surface area contributed by atoms with Crippen LogP contribution >= 0.6 is 0 Å². The number of nitrogens with zero attached hydrogens (tertiary/aromatic N) is 6. The summed E-state index contributed by atoms with van der Waals surface area (Å²) in [6.45, 7) is 5.67. The van der Waals surface area contributed by atoms with Crippen molar-refractivity contribution in [3.8, 4) is 0 Å². The molecule has 1 atom stereocenters. The minimum Gasteiger partial charge on any atom is -0.340 e. The fourth-order valence-corrected chi connectivity index (χ4v) is 2.64. The number of aryl methyl sites for hydroxylation is 1. The van der Waals surface area contributed by atoms with E-state index in [1.54, 1.807) is 12.7 Å². The zero-order valence-electron chi connectivity index (χ0n) is 11.1. The molecule has 102 valence electrons. The van der Waals surface area contributed by atoms with Gasteiger partial charge in [0.05, 0.1) is 6.54 Å². The van der Waals surface area contributed by atoms with Crippen LogP contribution < -0.4 is 0 Å². The van der Waals surface area contributed by atoms with Gasteiger partial charge in [-0.25, -0.2) is 4.98 Å². The molecule has 0 bridgehead atoms. The molecule has 0 aromatic carbocycles. The maximum Gasteiger partial charge on any atom is 0.223 e. The lowest BCUT2D eigenvalue weighted by atomic mass is 9.98. The van der Waals surface area contributed by atoms with Gasteiger partial charge in [0.25, 0.3) is 0 Å². The number of hydrogen-bond donors (Lipinski definition) is 0. The summed E-state index contributed by atoms with van der Waals surface area (Å²) in [4.78, 5) is 10.6. The van der Waals surface area contributed by atoms with E-state index < -0.39 is 0 Å². The van der Waals surface area contributed by atoms with Gasteiger partial charge < -0.3 is 4.52 Å². The van der Waals surface area contributed by atoms with Crippen LogP contribution in [0.4, 0.5) is 0 Å². The minimum atomic E-state index is 0.614. The predicted octanol–water partition coefficient (Wildman–Crippen LogP) is 0.882. The minimum absolute atomic E-state index is 0.614. The molecule has 19 heavy (non-hydrogen) atoms. The summed E-state index contributed by atoms with van der Waals surface area (Å²) < 4.78 is 6.92. The summed E-state index contributed by atoms with van der Waals surface area (Å²) in [5.41, 5.74) is 0. The maximum atomic E-state index is 5.01. The third-order valence-corrected chi connectivity index (χ3v) is 3.45. The lowest BCUT2D eigenvalue weighted by Crippen LogP contribution is -2.36. The van der Waals surface area contributed by atoms with Gasteiger partial charge in [-0.15, -0.1) is 0 Å². The van der Waals surface area contributed by atoms with Crippen molar-refractivity contribution in [2.45, 2.75) is 32.9 Å². The van der Waals surface area contributed by atoms with Crippen LogP contribution in [-0.2, 0) is 13.1 Å². The molecule has 7 heteroatoms. The van der Waals surface area contributed by atoms with E-state index in [0.717, 1.165) is 32.0 Å². The lowest BCUT2D eigenvalue weighted by molar-refractivity contribution is 0.149. The Bertz CT molecular complexity index is 508. The maximum absolute atomic E-state index is 5.01. The van der Waals surface area contributed by atoms with Gasteiger partial charge in [-0.1, -0.05) is 5.16 Å². The first-order chi connectivity index (χ1) is 9.29.